The molecule has 0 amide bonds. The van der Waals surface area contributed by atoms with E-state index in [2.05, 4.69) is 30.9 Å². The second kappa shape index (κ2) is 6.13. The van der Waals surface area contributed by atoms with Crippen LogP contribution >= 0.6 is 0 Å². The van der Waals surface area contributed by atoms with Crippen molar-refractivity contribution in [1.29, 1.82) is 0 Å². The van der Waals surface area contributed by atoms with Crippen molar-refractivity contribution < 1.29 is 13.9 Å². The van der Waals surface area contributed by atoms with Crippen molar-refractivity contribution in [3.63, 3.8) is 0 Å². The Kier molecular flexibility index (Phi) is 4.21. The molecule has 1 aliphatic heterocycles. The van der Waals surface area contributed by atoms with E-state index in [1.807, 2.05) is 6.92 Å². The van der Waals surface area contributed by atoms with Gasteiger partial charge in [-0.05, 0) is 45.2 Å². The van der Waals surface area contributed by atoms with E-state index in [1.165, 1.54) is 11.3 Å². The zero-order chi connectivity index (χ0) is 15.7. The van der Waals surface area contributed by atoms with Gasteiger partial charge in [-0.25, -0.2) is 0 Å². The summed E-state index contributed by atoms with van der Waals surface area (Å²) in [6.07, 6.45) is 2.91. The van der Waals surface area contributed by atoms with Crippen molar-refractivity contribution >= 4 is 22.9 Å². The molecular weight excluding hydrogens is 278 g/mol. The number of carbonyl (C=O) groups excluding carboxylic acids is 1. The number of fused-ring (bicyclic) bond motifs is 1. The van der Waals surface area contributed by atoms with Crippen LogP contribution in [0.3, 0.4) is 0 Å². The average molecular weight is 301 g/mol. The number of benzene rings is 1. The Labute approximate surface area is 131 Å². The Morgan fingerprint density at radius 2 is 2.00 bits per heavy atom. The molecule has 3 rings (SSSR count). The highest BCUT2D eigenvalue weighted by Gasteiger charge is 2.23. The van der Waals surface area contributed by atoms with Crippen LogP contribution < -0.4 is 4.90 Å². The van der Waals surface area contributed by atoms with Crippen LogP contribution in [0.25, 0.3) is 11.0 Å². The second-order valence-electron chi connectivity index (χ2n) is 5.97. The van der Waals surface area contributed by atoms with Gasteiger partial charge in [0, 0.05) is 48.5 Å². The van der Waals surface area contributed by atoms with Crippen LogP contribution in [-0.2, 0) is 4.74 Å². The fraction of sp³-hybridized carbons (Fsp3) is 0.500. The van der Waals surface area contributed by atoms with Gasteiger partial charge in [0.1, 0.15) is 5.58 Å². The molecule has 0 bridgehead atoms. The lowest BCUT2D eigenvalue weighted by Crippen LogP contribution is -2.39. The smallest absolute Gasteiger partial charge is 0.185 e. The van der Waals surface area contributed by atoms with Crippen LogP contribution in [-0.4, -0.2) is 32.1 Å². The molecule has 2 aromatic rings. The van der Waals surface area contributed by atoms with Gasteiger partial charge in [0.15, 0.2) is 12.0 Å². The predicted molar refractivity (Wildman–Crippen MR) is 87.9 cm³/mol. The third-order valence-electron chi connectivity index (χ3n) is 4.68. The van der Waals surface area contributed by atoms with Gasteiger partial charge in [-0.1, -0.05) is 0 Å². The normalized spacial score (nSPS) is 16.1. The largest absolute Gasteiger partial charge is 0.453 e. The highest BCUT2D eigenvalue weighted by atomic mass is 16.5. The Hall–Kier alpha value is -1.81. The fourth-order valence-electron chi connectivity index (χ4n) is 3.43. The molecule has 0 spiro atoms. The van der Waals surface area contributed by atoms with Gasteiger partial charge in [0.25, 0.3) is 0 Å². The molecule has 22 heavy (non-hydrogen) atoms. The molecule has 2 heterocycles. The maximum atomic E-state index is 11.1. The van der Waals surface area contributed by atoms with Crippen LogP contribution in [0.1, 0.15) is 41.4 Å². The first kappa shape index (κ1) is 15.1. The number of rotatable bonds is 4. The summed E-state index contributed by atoms with van der Waals surface area (Å²) in [5, 5.41) is 1.03. The summed E-state index contributed by atoms with van der Waals surface area (Å²) >= 11 is 0. The number of anilines is 1. The maximum Gasteiger partial charge on any atom is 0.185 e. The number of ether oxygens (including phenoxy) is 1. The molecule has 1 aromatic carbocycles. The van der Waals surface area contributed by atoms with Crippen LogP contribution in [0.15, 0.2) is 16.5 Å². The summed E-state index contributed by atoms with van der Waals surface area (Å²) in [4.78, 5) is 13.5. The van der Waals surface area contributed by atoms with E-state index in [9.17, 15) is 4.79 Å². The molecule has 0 radical (unpaired) electrons. The molecule has 1 aliphatic rings. The van der Waals surface area contributed by atoms with Crippen LogP contribution in [0, 0.1) is 13.8 Å². The lowest BCUT2D eigenvalue weighted by molar-refractivity contribution is 0.0846. The van der Waals surface area contributed by atoms with Crippen molar-refractivity contribution in [2.45, 2.75) is 39.7 Å². The first-order chi connectivity index (χ1) is 10.7. The summed E-state index contributed by atoms with van der Waals surface area (Å²) < 4.78 is 11.2. The summed E-state index contributed by atoms with van der Waals surface area (Å²) in [5.74, 6) is 0.431. The Bertz CT molecular complexity index is 683. The highest BCUT2D eigenvalue weighted by molar-refractivity contribution is 5.92. The zero-order valence-corrected chi connectivity index (χ0v) is 13.5. The fourth-order valence-corrected chi connectivity index (χ4v) is 3.43. The minimum Gasteiger partial charge on any atom is -0.453 e. The van der Waals surface area contributed by atoms with Crippen LogP contribution in [0.4, 0.5) is 5.69 Å². The second-order valence-corrected chi connectivity index (χ2v) is 5.97. The molecule has 118 valence electrons. The summed E-state index contributed by atoms with van der Waals surface area (Å²) in [6, 6.07) is 4.73. The van der Waals surface area contributed by atoms with Gasteiger partial charge >= 0.3 is 0 Å². The van der Waals surface area contributed by atoms with E-state index < -0.39 is 0 Å². The van der Waals surface area contributed by atoms with Crippen LogP contribution in [0.5, 0.6) is 0 Å². The average Bonchev–Trinajstić information content (AvgIpc) is 2.85. The summed E-state index contributed by atoms with van der Waals surface area (Å²) in [7, 11) is 0. The number of furan rings is 1. The summed E-state index contributed by atoms with van der Waals surface area (Å²) in [6.45, 7) is 8.87. The van der Waals surface area contributed by atoms with Gasteiger partial charge < -0.3 is 14.1 Å². The van der Waals surface area contributed by atoms with Gasteiger partial charge in [-0.15, -0.1) is 0 Å². The zero-order valence-electron chi connectivity index (χ0n) is 13.5. The number of carbonyl (C=O) groups is 1. The minimum absolute atomic E-state index is 0.431. The first-order valence-electron chi connectivity index (χ1n) is 7.99. The molecule has 1 aromatic heterocycles. The van der Waals surface area contributed by atoms with Gasteiger partial charge in [-0.3, -0.25) is 4.79 Å². The van der Waals surface area contributed by atoms with Gasteiger partial charge in [-0.2, -0.15) is 0 Å². The molecule has 0 aliphatic carbocycles. The number of hydrogen-bond acceptors (Lipinski definition) is 4. The standard InChI is InChI=1S/C18H23NO3/c1-4-19(14-5-7-21-8-6-14)16-10-17-15(9-12(16)2)13(3)18(11-20)22-17/h9-11,14H,4-8H2,1-3H3. The van der Waals surface area contributed by atoms with Crippen molar-refractivity contribution in [3.05, 3.63) is 29.0 Å². The molecule has 0 N–H and O–H groups in total. The minimum atomic E-state index is 0.431. The molecular formula is C18H23NO3. The number of aryl methyl sites for hydroxylation is 2. The molecule has 4 heteroatoms. The van der Waals surface area contributed by atoms with Crippen molar-refractivity contribution in [2.75, 3.05) is 24.7 Å². The van der Waals surface area contributed by atoms with E-state index in [0.717, 1.165) is 55.4 Å². The number of hydrogen-bond donors (Lipinski definition) is 0. The summed E-state index contributed by atoms with van der Waals surface area (Å²) in [5.41, 5.74) is 4.15. The Morgan fingerprint density at radius 3 is 2.64 bits per heavy atom. The Balaban J connectivity index is 2.04. The van der Waals surface area contributed by atoms with E-state index in [0.29, 0.717) is 11.8 Å². The maximum absolute atomic E-state index is 11.1. The topological polar surface area (TPSA) is 42.7 Å². The van der Waals surface area contributed by atoms with Crippen molar-refractivity contribution in [2.24, 2.45) is 0 Å². The molecule has 0 atom stereocenters. The van der Waals surface area contributed by atoms with Gasteiger partial charge in [0.05, 0.1) is 0 Å². The van der Waals surface area contributed by atoms with Crippen LogP contribution in [0.2, 0.25) is 0 Å². The monoisotopic (exact) mass is 301 g/mol. The predicted octanol–water partition coefficient (Wildman–Crippen LogP) is 3.87. The number of nitrogens with zero attached hydrogens (tertiary/aromatic N) is 1. The highest BCUT2D eigenvalue weighted by Crippen LogP contribution is 2.33. The lowest BCUT2D eigenvalue weighted by Gasteiger charge is -2.36. The first-order valence-corrected chi connectivity index (χ1v) is 7.99. The van der Waals surface area contributed by atoms with E-state index in [-0.39, 0.29) is 0 Å². The number of aldehydes is 1. The SMILES string of the molecule is CCN(c1cc2oc(C=O)c(C)c2cc1C)C1CCOCC1. The van der Waals surface area contributed by atoms with E-state index >= 15 is 0 Å². The molecule has 1 saturated heterocycles. The van der Waals surface area contributed by atoms with E-state index in [1.54, 1.807) is 0 Å². The third-order valence-corrected chi connectivity index (χ3v) is 4.68. The van der Waals surface area contributed by atoms with Crippen molar-refractivity contribution in [3.8, 4) is 0 Å². The third kappa shape index (κ3) is 2.52. The molecule has 4 nitrogen and oxygen atoms in total. The molecule has 1 fully saturated rings. The molecule has 0 unspecified atom stereocenters. The van der Waals surface area contributed by atoms with Gasteiger partial charge in [0.2, 0.25) is 0 Å². The Morgan fingerprint density at radius 1 is 1.27 bits per heavy atom. The lowest BCUT2D eigenvalue weighted by atomic mass is 10.0. The van der Waals surface area contributed by atoms with Crippen molar-refractivity contribution in [1.82, 2.24) is 0 Å². The molecule has 0 saturated carbocycles. The quantitative estimate of drug-likeness (QED) is 0.804. The van der Waals surface area contributed by atoms with E-state index in [4.69, 9.17) is 9.15 Å².